The molecular formula is C7H11N3O2S. The van der Waals surface area contributed by atoms with E-state index in [0.717, 1.165) is 0 Å². The Morgan fingerprint density at radius 1 is 1.92 bits per heavy atom. The lowest BCUT2D eigenvalue weighted by Gasteiger charge is -2.07. The van der Waals surface area contributed by atoms with E-state index < -0.39 is 10.5 Å². The molecule has 1 rings (SSSR count). The Morgan fingerprint density at radius 3 is 3.31 bits per heavy atom. The molecule has 0 spiro atoms. The van der Waals surface area contributed by atoms with Gasteiger partial charge in [-0.1, -0.05) is 10.5 Å². The fourth-order valence-electron chi connectivity index (χ4n) is 0.707. The average molecular weight is 201 g/mol. The quantitative estimate of drug-likeness (QED) is 0.484. The first-order chi connectivity index (χ1) is 6.24. The number of carbonyl (C=O) groups is 1. The minimum absolute atomic E-state index is 0.365. The van der Waals surface area contributed by atoms with Crippen LogP contribution in [-0.4, -0.2) is 23.1 Å². The number of amidine groups is 1. The molecule has 3 N–H and O–H groups in total. The number of hydrogen-bond acceptors (Lipinski definition) is 5. The SMILES string of the molecule is CCOC(=O)/C=S1\C=CNN=C1N. The van der Waals surface area contributed by atoms with E-state index in [1.165, 1.54) is 5.37 Å². The van der Waals surface area contributed by atoms with Crippen LogP contribution in [0.1, 0.15) is 6.92 Å². The van der Waals surface area contributed by atoms with Gasteiger partial charge in [-0.3, -0.25) is 5.43 Å². The zero-order valence-corrected chi connectivity index (χ0v) is 8.00. The maximum absolute atomic E-state index is 11.0. The minimum atomic E-state index is -0.536. The fourth-order valence-corrected chi connectivity index (χ4v) is 1.69. The van der Waals surface area contributed by atoms with Crippen molar-refractivity contribution in [3.05, 3.63) is 11.6 Å². The van der Waals surface area contributed by atoms with E-state index in [1.54, 1.807) is 18.5 Å². The summed E-state index contributed by atoms with van der Waals surface area (Å²) in [5, 5.41) is 7.32. The summed E-state index contributed by atoms with van der Waals surface area (Å²) in [7, 11) is -0.536. The first-order valence-electron chi connectivity index (χ1n) is 3.73. The Bertz CT molecular complexity index is 296. The molecule has 0 saturated carbocycles. The zero-order valence-electron chi connectivity index (χ0n) is 7.19. The summed E-state index contributed by atoms with van der Waals surface area (Å²) in [5.41, 5.74) is 8.12. The Labute approximate surface area is 78.6 Å². The molecule has 0 aromatic carbocycles. The molecule has 13 heavy (non-hydrogen) atoms. The van der Waals surface area contributed by atoms with Gasteiger partial charge in [0.1, 0.15) is 0 Å². The average Bonchev–Trinajstić information content (AvgIpc) is 2.09. The number of nitrogens with two attached hydrogens (primary N) is 1. The molecule has 0 saturated heterocycles. The summed E-state index contributed by atoms with van der Waals surface area (Å²) in [5.74, 6) is -0.365. The second-order valence-corrected chi connectivity index (χ2v) is 3.79. The Kier molecular flexibility index (Phi) is 3.51. The smallest absolute Gasteiger partial charge is 0.337 e. The fraction of sp³-hybridized carbons (Fsp3) is 0.286. The Morgan fingerprint density at radius 2 is 2.69 bits per heavy atom. The molecule has 6 heteroatoms. The van der Waals surface area contributed by atoms with Crippen LogP contribution >= 0.6 is 10.5 Å². The molecule has 0 aliphatic carbocycles. The van der Waals surface area contributed by atoms with Gasteiger partial charge in [0.05, 0.1) is 12.0 Å². The molecule has 5 nitrogen and oxygen atoms in total. The largest absolute Gasteiger partial charge is 0.462 e. The van der Waals surface area contributed by atoms with Crippen molar-refractivity contribution in [1.29, 1.82) is 0 Å². The van der Waals surface area contributed by atoms with E-state index >= 15 is 0 Å². The third kappa shape index (κ3) is 2.90. The molecule has 0 aromatic heterocycles. The molecule has 1 unspecified atom stereocenters. The van der Waals surface area contributed by atoms with Crippen LogP contribution in [0.25, 0.3) is 0 Å². The molecule has 1 atom stereocenters. The van der Waals surface area contributed by atoms with Crippen LogP contribution in [0.5, 0.6) is 0 Å². The number of esters is 1. The number of nitrogens with one attached hydrogen (secondary N) is 1. The molecular weight excluding hydrogens is 190 g/mol. The molecule has 0 radical (unpaired) electrons. The second kappa shape index (κ2) is 4.66. The van der Waals surface area contributed by atoms with Gasteiger partial charge in [-0.2, -0.15) is 5.10 Å². The Balaban J connectivity index is 2.69. The summed E-state index contributed by atoms with van der Waals surface area (Å²) < 4.78 is 4.74. The van der Waals surface area contributed by atoms with Crippen molar-refractivity contribution in [2.75, 3.05) is 6.61 Å². The standard InChI is InChI=1S/C7H11N3O2S/c1-2-12-6(11)5-13-4-3-9-10-7(13)8/h3-5,9H,2H2,1H3,(H2,8,10). The van der Waals surface area contributed by atoms with Gasteiger partial charge >= 0.3 is 5.97 Å². The molecule has 1 heterocycles. The number of rotatable bonds is 2. The molecule has 72 valence electrons. The lowest BCUT2D eigenvalue weighted by molar-refractivity contribution is -0.134. The van der Waals surface area contributed by atoms with Gasteiger partial charge < -0.3 is 10.5 Å². The lowest BCUT2D eigenvalue weighted by atomic mass is 10.8. The van der Waals surface area contributed by atoms with Crippen LogP contribution in [-0.2, 0) is 9.53 Å². The van der Waals surface area contributed by atoms with Crippen molar-refractivity contribution >= 4 is 27.0 Å². The molecule has 1 aliphatic heterocycles. The molecule has 0 amide bonds. The molecule has 0 aromatic rings. The van der Waals surface area contributed by atoms with Gasteiger partial charge in [-0.25, -0.2) is 4.79 Å². The first kappa shape index (κ1) is 9.79. The van der Waals surface area contributed by atoms with Crippen LogP contribution in [0.2, 0.25) is 0 Å². The summed E-state index contributed by atoms with van der Waals surface area (Å²) in [4.78, 5) is 11.0. The minimum Gasteiger partial charge on any atom is -0.462 e. The van der Waals surface area contributed by atoms with E-state index in [0.29, 0.717) is 11.8 Å². The van der Waals surface area contributed by atoms with Gasteiger partial charge in [0.25, 0.3) is 0 Å². The topological polar surface area (TPSA) is 76.7 Å². The predicted molar refractivity (Wildman–Crippen MR) is 54.2 cm³/mol. The van der Waals surface area contributed by atoms with Gasteiger partial charge in [-0.05, 0) is 12.3 Å². The van der Waals surface area contributed by atoms with Crippen LogP contribution in [0.15, 0.2) is 16.7 Å². The molecule has 0 bridgehead atoms. The first-order valence-corrected chi connectivity index (χ1v) is 5.08. The van der Waals surface area contributed by atoms with E-state index in [1.807, 2.05) is 0 Å². The summed E-state index contributed by atoms with van der Waals surface area (Å²) in [6.07, 6.45) is 1.63. The summed E-state index contributed by atoms with van der Waals surface area (Å²) in [6.45, 7) is 2.12. The van der Waals surface area contributed by atoms with E-state index in [-0.39, 0.29) is 5.97 Å². The lowest BCUT2D eigenvalue weighted by Crippen LogP contribution is -2.18. The van der Waals surface area contributed by atoms with E-state index in [4.69, 9.17) is 10.5 Å². The maximum Gasteiger partial charge on any atom is 0.337 e. The highest BCUT2D eigenvalue weighted by molar-refractivity contribution is 8.30. The zero-order chi connectivity index (χ0) is 9.68. The third-order valence-electron chi connectivity index (χ3n) is 1.22. The Hall–Kier alpha value is -1.30. The highest BCUT2D eigenvalue weighted by Gasteiger charge is 2.04. The van der Waals surface area contributed by atoms with Crippen molar-refractivity contribution in [1.82, 2.24) is 5.43 Å². The van der Waals surface area contributed by atoms with Crippen molar-refractivity contribution in [2.24, 2.45) is 10.8 Å². The van der Waals surface area contributed by atoms with E-state index in [9.17, 15) is 4.79 Å². The molecule has 0 fully saturated rings. The maximum atomic E-state index is 11.0. The normalized spacial score (nSPS) is 20.7. The number of carbonyl (C=O) groups excluding carboxylic acids is 1. The number of ether oxygens (including phenoxy) is 1. The number of nitrogens with zero attached hydrogens (tertiary/aromatic N) is 1. The van der Waals surface area contributed by atoms with Crippen molar-refractivity contribution in [3.8, 4) is 0 Å². The van der Waals surface area contributed by atoms with Gasteiger partial charge in [-0.15, -0.1) is 0 Å². The summed E-state index contributed by atoms with van der Waals surface area (Å²) in [6, 6.07) is 0. The van der Waals surface area contributed by atoms with Gasteiger partial charge in [0.15, 0.2) is 5.17 Å². The second-order valence-electron chi connectivity index (χ2n) is 2.12. The molecule has 1 aliphatic rings. The highest BCUT2D eigenvalue weighted by atomic mass is 32.2. The summed E-state index contributed by atoms with van der Waals surface area (Å²) >= 11 is 0. The van der Waals surface area contributed by atoms with Gasteiger partial charge in [0.2, 0.25) is 0 Å². The van der Waals surface area contributed by atoms with Crippen molar-refractivity contribution in [3.63, 3.8) is 0 Å². The highest BCUT2D eigenvalue weighted by Crippen LogP contribution is 2.15. The van der Waals surface area contributed by atoms with Crippen LogP contribution in [0, 0.1) is 0 Å². The number of hydrogen-bond donors (Lipinski definition) is 2. The predicted octanol–water partition coefficient (Wildman–Crippen LogP) is -0.0753. The van der Waals surface area contributed by atoms with E-state index in [2.05, 4.69) is 10.5 Å². The van der Waals surface area contributed by atoms with Crippen LogP contribution in [0.4, 0.5) is 0 Å². The van der Waals surface area contributed by atoms with Gasteiger partial charge in [0, 0.05) is 6.20 Å². The van der Waals surface area contributed by atoms with Crippen molar-refractivity contribution < 1.29 is 9.53 Å². The van der Waals surface area contributed by atoms with Crippen LogP contribution < -0.4 is 11.2 Å². The third-order valence-corrected chi connectivity index (χ3v) is 2.67. The monoisotopic (exact) mass is 201 g/mol. The number of hydrazone groups is 1. The van der Waals surface area contributed by atoms with Crippen LogP contribution in [0.3, 0.4) is 0 Å². The van der Waals surface area contributed by atoms with Crippen molar-refractivity contribution in [2.45, 2.75) is 6.92 Å².